The van der Waals surface area contributed by atoms with E-state index in [1.807, 2.05) is 37.3 Å². The zero-order valence-corrected chi connectivity index (χ0v) is 14.5. The molecule has 3 aromatic rings. The van der Waals surface area contributed by atoms with Crippen molar-refractivity contribution in [2.75, 3.05) is 13.1 Å². The molecule has 0 spiro atoms. The lowest BCUT2D eigenvalue weighted by Gasteiger charge is -2.35. The molecule has 26 heavy (non-hydrogen) atoms. The Morgan fingerprint density at radius 3 is 2.77 bits per heavy atom. The number of aromatic amines is 1. The maximum absolute atomic E-state index is 12.9. The van der Waals surface area contributed by atoms with Crippen LogP contribution in [0.1, 0.15) is 35.3 Å². The van der Waals surface area contributed by atoms with Gasteiger partial charge in [-0.1, -0.05) is 30.3 Å². The molecule has 0 aliphatic carbocycles. The minimum atomic E-state index is -0.430. The molecule has 3 heterocycles. The fourth-order valence-corrected chi connectivity index (χ4v) is 3.04. The van der Waals surface area contributed by atoms with Crippen LogP contribution in [-0.4, -0.2) is 50.2 Å². The van der Waals surface area contributed by atoms with E-state index in [-0.39, 0.29) is 12.0 Å². The predicted octanol–water partition coefficient (Wildman–Crippen LogP) is 2.37. The van der Waals surface area contributed by atoms with Gasteiger partial charge in [-0.15, -0.1) is 10.2 Å². The highest BCUT2D eigenvalue weighted by molar-refractivity contribution is 5.92. The quantitative estimate of drug-likeness (QED) is 0.776. The van der Waals surface area contributed by atoms with Crippen molar-refractivity contribution in [3.8, 4) is 11.4 Å². The molecule has 1 saturated heterocycles. The molecule has 134 valence electrons. The standard InChI is InChI=1S/C18H19N5O3/c1-11-9-23(10-15(25-11)17-22-21-12(2)26-17)18(24)14-8-19-16(20-14)13-6-4-3-5-7-13/h3-8,11,15H,9-10H2,1-2H3,(H,19,20)/t11-,15-/m1/s1. The van der Waals surface area contributed by atoms with Gasteiger partial charge >= 0.3 is 0 Å². The first-order valence-electron chi connectivity index (χ1n) is 8.45. The number of hydrogen-bond donors (Lipinski definition) is 1. The summed E-state index contributed by atoms with van der Waals surface area (Å²) >= 11 is 0. The van der Waals surface area contributed by atoms with E-state index in [0.29, 0.717) is 36.4 Å². The van der Waals surface area contributed by atoms with Crippen LogP contribution in [0.2, 0.25) is 0 Å². The van der Waals surface area contributed by atoms with Gasteiger partial charge in [0, 0.05) is 19.0 Å². The van der Waals surface area contributed by atoms with Crippen molar-refractivity contribution in [2.45, 2.75) is 26.1 Å². The Bertz CT molecular complexity index is 904. The number of nitrogens with one attached hydrogen (secondary N) is 1. The lowest BCUT2D eigenvalue weighted by atomic mass is 10.2. The van der Waals surface area contributed by atoms with Crippen LogP contribution in [0.4, 0.5) is 0 Å². The van der Waals surface area contributed by atoms with E-state index in [2.05, 4.69) is 20.2 Å². The van der Waals surface area contributed by atoms with Crippen LogP contribution in [0.25, 0.3) is 11.4 Å². The molecular formula is C18H19N5O3. The number of morpholine rings is 1. The number of carbonyl (C=O) groups is 1. The maximum Gasteiger partial charge on any atom is 0.272 e. The van der Waals surface area contributed by atoms with Crippen molar-refractivity contribution in [2.24, 2.45) is 0 Å². The van der Waals surface area contributed by atoms with E-state index in [9.17, 15) is 4.79 Å². The number of imidazole rings is 1. The predicted molar refractivity (Wildman–Crippen MR) is 92.3 cm³/mol. The van der Waals surface area contributed by atoms with E-state index in [4.69, 9.17) is 9.15 Å². The number of hydrogen-bond acceptors (Lipinski definition) is 6. The van der Waals surface area contributed by atoms with Gasteiger partial charge in [-0.3, -0.25) is 4.79 Å². The molecule has 2 atom stereocenters. The largest absolute Gasteiger partial charge is 0.423 e. The summed E-state index contributed by atoms with van der Waals surface area (Å²) in [5, 5.41) is 7.85. The first-order chi connectivity index (χ1) is 12.6. The van der Waals surface area contributed by atoms with Gasteiger partial charge in [-0.2, -0.15) is 0 Å². The zero-order chi connectivity index (χ0) is 18.1. The number of rotatable bonds is 3. The first-order valence-corrected chi connectivity index (χ1v) is 8.45. The number of ether oxygens (including phenoxy) is 1. The average molecular weight is 353 g/mol. The molecule has 1 N–H and O–H groups in total. The van der Waals surface area contributed by atoms with E-state index in [1.165, 1.54) is 0 Å². The van der Waals surface area contributed by atoms with Crippen LogP contribution >= 0.6 is 0 Å². The molecule has 1 aromatic carbocycles. The van der Waals surface area contributed by atoms with Crippen molar-refractivity contribution in [1.29, 1.82) is 0 Å². The second-order valence-corrected chi connectivity index (χ2v) is 6.32. The third-order valence-electron chi connectivity index (χ3n) is 4.22. The normalized spacial score (nSPS) is 20.3. The van der Waals surface area contributed by atoms with E-state index in [1.54, 1.807) is 18.0 Å². The molecule has 8 heteroatoms. The number of aryl methyl sites for hydroxylation is 1. The summed E-state index contributed by atoms with van der Waals surface area (Å²) in [6.45, 7) is 4.48. The first kappa shape index (κ1) is 16.5. The number of H-pyrrole nitrogens is 1. The molecule has 8 nitrogen and oxygen atoms in total. The Labute approximate surface area is 150 Å². The van der Waals surface area contributed by atoms with Crippen molar-refractivity contribution in [1.82, 2.24) is 25.1 Å². The molecule has 1 aliphatic heterocycles. The summed E-state index contributed by atoms with van der Waals surface area (Å²) in [7, 11) is 0. The molecule has 0 unspecified atom stereocenters. The molecular weight excluding hydrogens is 334 g/mol. The highest BCUT2D eigenvalue weighted by Crippen LogP contribution is 2.25. The second kappa shape index (κ2) is 6.72. The van der Waals surface area contributed by atoms with Gasteiger partial charge < -0.3 is 19.0 Å². The zero-order valence-electron chi connectivity index (χ0n) is 14.5. The smallest absolute Gasteiger partial charge is 0.272 e. The molecule has 1 amide bonds. The number of carbonyl (C=O) groups excluding carboxylic acids is 1. The van der Waals surface area contributed by atoms with Crippen LogP contribution in [0.3, 0.4) is 0 Å². The number of aromatic nitrogens is 4. The van der Waals surface area contributed by atoms with Crippen LogP contribution in [0.5, 0.6) is 0 Å². The second-order valence-electron chi connectivity index (χ2n) is 6.32. The van der Waals surface area contributed by atoms with E-state index < -0.39 is 6.10 Å². The van der Waals surface area contributed by atoms with Crippen molar-refractivity contribution >= 4 is 5.91 Å². The fraction of sp³-hybridized carbons (Fsp3) is 0.333. The van der Waals surface area contributed by atoms with Gasteiger partial charge in [0.25, 0.3) is 5.91 Å². The summed E-state index contributed by atoms with van der Waals surface area (Å²) in [4.78, 5) is 22.1. The molecule has 4 rings (SSSR count). The number of amides is 1. The van der Waals surface area contributed by atoms with Gasteiger partial charge in [-0.05, 0) is 6.92 Å². The van der Waals surface area contributed by atoms with Crippen LogP contribution in [0.15, 0.2) is 40.9 Å². The van der Waals surface area contributed by atoms with E-state index in [0.717, 1.165) is 5.56 Å². The van der Waals surface area contributed by atoms with E-state index >= 15 is 0 Å². The Morgan fingerprint density at radius 1 is 1.23 bits per heavy atom. The monoisotopic (exact) mass is 353 g/mol. The minimum Gasteiger partial charge on any atom is -0.423 e. The summed E-state index contributed by atoms with van der Waals surface area (Å²) in [5.74, 6) is 1.40. The van der Waals surface area contributed by atoms with Gasteiger partial charge in [0.1, 0.15) is 11.5 Å². The average Bonchev–Trinajstić information content (AvgIpc) is 3.31. The van der Waals surface area contributed by atoms with Crippen LogP contribution in [0, 0.1) is 6.92 Å². The molecule has 2 aromatic heterocycles. The fourth-order valence-electron chi connectivity index (χ4n) is 3.04. The summed E-state index contributed by atoms with van der Waals surface area (Å²) < 4.78 is 11.3. The molecule has 0 saturated carbocycles. The third-order valence-corrected chi connectivity index (χ3v) is 4.22. The van der Waals surface area contributed by atoms with Gasteiger partial charge in [-0.25, -0.2) is 4.98 Å². The number of nitrogens with zero attached hydrogens (tertiary/aromatic N) is 4. The number of benzene rings is 1. The van der Waals surface area contributed by atoms with Gasteiger partial charge in [0.2, 0.25) is 11.8 Å². The van der Waals surface area contributed by atoms with Crippen LogP contribution < -0.4 is 0 Å². The molecule has 0 bridgehead atoms. The highest BCUT2D eigenvalue weighted by Gasteiger charge is 2.33. The molecule has 1 fully saturated rings. The maximum atomic E-state index is 12.9. The van der Waals surface area contributed by atoms with Crippen molar-refractivity contribution < 1.29 is 13.9 Å². The van der Waals surface area contributed by atoms with Crippen molar-refractivity contribution in [3.05, 3.63) is 54.0 Å². The Kier molecular flexibility index (Phi) is 4.26. The lowest BCUT2D eigenvalue weighted by Crippen LogP contribution is -2.46. The summed E-state index contributed by atoms with van der Waals surface area (Å²) in [6.07, 6.45) is 0.998. The topological polar surface area (TPSA) is 97.1 Å². The Hall–Kier alpha value is -3.00. The summed E-state index contributed by atoms with van der Waals surface area (Å²) in [5.41, 5.74) is 1.37. The minimum absolute atomic E-state index is 0.129. The Balaban J connectivity index is 1.53. The van der Waals surface area contributed by atoms with Crippen LogP contribution in [-0.2, 0) is 4.74 Å². The van der Waals surface area contributed by atoms with Crippen molar-refractivity contribution in [3.63, 3.8) is 0 Å². The molecule has 0 radical (unpaired) electrons. The lowest BCUT2D eigenvalue weighted by molar-refractivity contribution is -0.0797. The van der Waals surface area contributed by atoms with Gasteiger partial charge in [0.15, 0.2) is 6.10 Å². The third kappa shape index (κ3) is 3.23. The Morgan fingerprint density at radius 2 is 2.04 bits per heavy atom. The summed E-state index contributed by atoms with van der Waals surface area (Å²) in [6, 6.07) is 9.68. The highest BCUT2D eigenvalue weighted by atomic mass is 16.5. The SMILES string of the molecule is Cc1nnc([C@H]2CN(C(=O)c3cnc(-c4ccccc4)[nH]3)C[C@@H](C)O2)o1. The molecule has 1 aliphatic rings. The van der Waals surface area contributed by atoms with Gasteiger partial charge in [0.05, 0.1) is 18.8 Å².